The number of rotatable bonds is 9. The zero-order chi connectivity index (χ0) is 20.7. The summed E-state index contributed by atoms with van der Waals surface area (Å²) in [7, 11) is 0. The van der Waals surface area contributed by atoms with Crippen LogP contribution < -0.4 is 4.74 Å². The Hall–Kier alpha value is -1.31. The molecule has 0 aromatic heterocycles. The van der Waals surface area contributed by atoms with Crippen LogP contribution in [0.15, 0.2) is 12.1 Å². The molecule has 1 rings (SSSR count). The van der Waals surface area contributed by atoms with E-state index in [1.54, 1.807) is 0 Å². The smallest absolute Gasteiger partial charge is 0.310 e. The molecule has 0 radical (unpaired) electrons. The van der Waals surface area contributed by atoms with Gasteiger partial charge in [-0.2, -0.15) is 0 Å². The Morgan fingerprint density at radius 2 is 1.37 bits per heavy atom. The molecule has 0 N–H and O–H groups in total. The Kier molecular flexibility index (Phi) is 9.05. The number of carbonyl (C=O) groups excluding carboxylic acids is 1. The van der Waals surface area contributed by atoms with Crippen molar-refractivity contribution < 1.29 is 9.53 Å². The summed E-state index contributed by atoms with van der Waals surface area (Å²) in [5.74, 6) is 0.579. The van der Waals surface area contributed by atoms with Gasteiger partial charge in [-0.25, -0.2) is 0 Å². The summed E-state index contributed by atoms with van der Waals surface area (Å²) >= 11 is 0. The van der Waals surface area contributed by atoms with Gasteiger partial charge >= 0.3 is 5.97 Å². The maximum Gasteiger partial charge on any atom is 0.310 e. The average Bonchev–Trinajstić information content (AvgIpc) is 2.56. The zero-order valence-corrected chi connectivity index (χ0v) is 19.1. The van der Waals surface area contributed by atoms with Crippen molar-refractivity contribution in [2.75, 3.05) is 0 Å². The van der Waals surface area contributed by atoms with E-state index in [1.807, 2.05) is 6.92 Å². The van der Waals surface area contributed by atoms with Crippen LogP contribution in [-0.4, -0.2) is 5.97 Å². The summed E-state index contributed by atoms with van der Waals surface area (Å²) < 4.78 is 5.74. The molecule has 0 aliphatic rings. The number of carbonyl (C=O) groups is 1. The van der Waals surface area contributed by atoms with Crippen molar-refractivity contribution in [1.82, 2.24) is 0 Å². The van der Waals surface area contributed by atoms with Crippen LogP contribution in [0.4, 0.5) is 0 Å². The molecule has 0 spiro atoms. The van der Waals surface area contributed by atoms with E-state index < -0.39 is 0 Å². The molecule has 0 amide bonds. The molecule has 27 heavy (non-hydrogen) atoms. The Balaban J connectivity index is 3.17. The molecule has 0 atom stereocenters. The van der Waals surface area contributed by atoms with Crippen LogP contribution in [0, 0.1) is 0 Å². The van der Waals surface area contributed by atoms with Crippen LogP contribution >= 0.6 is 0 Å². The second-order valence-corrected chi connectivity index (χ2v) is 9.85. The Labute approximate surface area is 168 Å². The van der Waals surface area contributed by atoms with E-state index in [1.165, 1.54) is 49.7 Å². The fourth-order valence-electron chi connectivity index (χ4n) is 3.49. The summed E-state index contributed by atoms with van der Waals surface area (Å²) in [5.41, 5.74) is 3.83. The lowest BCUT2D eigenvalue weighted by Gasteiger charge is -2.29. The van der Waals surface area contributed by atoms with Crippen molar-refractivity contribution >= 4 is 5.97 Å². The van der Waals surface area contributed by atoms with Gasteiger partial charge in [0.1, 0.15) is 5.75 Å². The lowest BCUT2D eigenvalue weighted by molar-refractivity contribution is -0.134. The third kappa shape index (κ3) is 7.68. The highest BCUT2D eigenvalue weighted by Crippen LogP contribution is 2.38. The highest BCUT2D eigenvalue weighted by Gasteiger charge is 2.26. The van der Waals surface area contributed by atoms with Gasteiger partial charge in [-0.1, -0.05) is 93.6 Å². The fourth-order valence-corrected chi connectivity index (χ4v) is 3.49. The van der Waals surface area contributed by atoms with Gasteiger partial charge in [0, 0.05) is 12.0 Å². The van der Waals surface area contributed by atoms with Crippen molar-refractivity contribution in [2.24, 2.45) is 0 Å². The number of aryl methyl sites for hydroxylation is 1. The van der Waals surface area contributed by atoms with Crippen molar-refractivity contribution in [2.45, 2.75) is 118 Å². The van der Waals surface area contributed by atoms with Gasteiger partial charge < -0.3 is 4.74 Å². The quantitative estimate of drug-likeness (QED) is 0.254. The van der Waals surface area contributed by atoms with Gasteiger partial charge in [-0.3, -0.25) is 4.79 Å². The number of esters is 1. The summed E-state index contributed by atoms with van der Waals surface area (Å²) in [4.78, 5) is 12.0. The van der Waals surface area contributed by atoms with Crippen LogP contribution in [0.5, 0.6) is 5.75 Å². The lowest BCUT2D eigenvalue weighted by atomic mass is 9.77. The molecule has 154 valence electrons. The maximum absolute atomic E-state index is 12.0. The van der Waals surface area contributed by atoms with E-state index in [0.717, 1.165) is 17.7 Å². The number of hydrogen-bond donors (Lipinski definition) is 0. The monoisotopic (exact) mass is 374 g/mol. The molecule has 0 aliphatic heterocycles. The molecule has 0 aliphatic carbocycles. The molecule has 0 unspecified atom stereocenters. The molecular weight excluding hydrogens is 332 g/mol. The number of unbranched alkanes of at least 4 members (excludes halogenated alkanes) is 5. The van der Waals surface area contributed by atoms with Crippen LogP contribution in [0.2, 0.25) is 0 Å². The number of ether oxygens (including phenoxy) is 1. The predicted molar refractivity (Wildman–Crippen MR) is 117 cm³/mol. The van der Waals surface area contributed by atoms with Crippen molar-refractivity contribution in [3.8, 4) is 5.75 Å². The summed E-state index contributed by atoms with van der Waals surface area (Å²) in [6.45, 7) is 17.4. The van der Waals surface area contributed by atoms with E-state index >= 15 is 0 Å². The van der Waals surface area contributed by atoms with Crippen molar-refractivity contribution in [3.05, 3.63) is 28.8 Å². The lowest BCUT2D eigenvalue weighted by Crippen LogP contribution is -2.20. The molecular formula is C25H42O2. The van der Waals surface area contributed by atoms with Gasteiger partial charge in [0.15, 0.2) is 0 Å². The third-order valence-corrected chi connectivity index (χ3v) is 5.13. The first-order valence-electron chi connectivity index (χ1n) is 10.9. The number of hydrogen-bond acceptors (Lipinski definition) is 2. The third-order valence-electron chi connectivity index (χ3n) is 5.13. The van der Waals surface area contributed by atoms with Gasteiger partial charge in [0.05, 0.1) is 0 Å². The molecule has 0 saturated carbocycles. The normalized spacial score (nSPS) is 12.3. The highest BCUT2D eigenvalue weighted by molar-refractivity contribution is 5.73. The minimum Gasteiger partial charge on any atom is -0.426 e. The zero-order valence-electron chi connectivity index (χ0n) is 19.1. The summed E-state index contributed by atoms with van der Waals surface area (Å²) in [6, 6.07) is 4.45. The second-order valence-electron chi connectivity index (χ2n) is 9.85. The van der Waals surface area contributed by atoms with Crippen molar-refractivity contribution in [3.63, 3.8) is 0 Å². The van der Waals surface area contributed by atoms with Crippen LogP contribution in [0.25, 0.3) is 0 Å². The van der Waals surface area contributed by atoms with Gasteiger partial charge in [-0.05, 0) is 40.9 Å². The van der Waals surface area contributed by atoms with Crippen LogP contribution in [-0.2, 0) is 22.0 Å². The topological polar surface area (TPSA) is 26.3 Å². The van der Waals surface area contributed by atoms with Crippen LogP contribution in [0.3, 0.4) is 0 Å². The maximum atomic E-state index is 12.0. The van der Waals surface area contributed by atoms with E-state index in [4.69, 9.17) is 4.74 Å². The van der Waals surface area contributed by atoms with E-state index in [0.29, 0.717) is 6.42 Å². The first-order valence-corrected chi connectivity index (χ1v) is 10.9. The predicted octanol–water partition coefficient (Wildman–Crippen LogP) is 7.50. The van der Waals surface area contributed by atoms with Gasteiger partial charge in [0.2, 0.25) is 0 Å². The Morgan fingerprint density at radius 3 is 1.89 bits per heavy atom. The second kappa shape index (κ2) is 10.3. The fraction of sp³-hybridized carbons (Fsp3) is 0.720. The SMILES string of the molecule is CCCCCCCCc1cc(C(C)(C)C)c(OC(=O)CC)cc1C(C)(C)C. The highest BCUT2D eigenvalue weighted by atomic mass is 16.5. The molecule has 2 nitrogen and oxygen atoms in total. The Bertz CT molecular complexity index is 600. The average molecular weight is 375 g/mol. The molecule has 1 aromatic carbocycles. The number of benzene rings is 1. The minimum atomic E-state index is -0.163. The molecule has 1 aromatic rings. The van der Waals surface area contributed by atoms with Gasteiger partial charge in [0.25, 0.3) is 0 Å². The molecule has 0 heterocycles. The first kappa shape index (κ1) is 23.7. The van der Waals surface area contributed by atoms with Crippen LogP contribution in [0.1, 0.15) is 117 Å². The van der Waals surface area contributed by atoms with E-state index in [2.05, 4.69) is 60.6 Å². The molecule has 0 bridgehead atoms. The standard InChI is InChI=1S/C25H42O2/c1-9-11-12-13-14-15-16-19-17-21(25(6,7)8)22(27-23(26)10-2)18-20(19)24(3,4)5/h17-18H,9-16H2,1-8H3. The summed E-state index contributed by atoms with van der Waals surface area (Å²) in [5, 5.41) is 0. The molecule has 0 fully saturated rings. The van der Waals surface area contributed by atoms with Crippen molar-refractivity contribution in [1.29, 1.82) is 0 Å². The van der Waals surface area contributed by atoms with Gasteiger partial charge in [-0.15, -0.1) is 0 Å². The van der Waals surface area contributed by atoms with E-state index in [-0.39, 0.29) is 16.8 Å². The largest absolute Gasteiger partial charge is 0.426 e. The summed E-state index contributed by atoms with van der Waals surface area (Å²) in [6.07, 6.45) is 9.34. The molecule has 0 saturated heterocycles. The van der Waals surface area contributed by atoms with E-state index in [9.17, 15) is 4.79 Å². The first-order chi connectivity index (χ1) is 12.5. The minimum absolute atomic E-state index is 0.0291. The molecule has 2 heteroatoms. The Morgan fingerprint density at radius 1 is 0.815 bits per heavy atom.